The molecule has 0 unspecified atom stereocenters. The van der Waals surface area contributed by atoms with E-state index in [4.69, 9.17) is 18.9 Å². The summed E-state index contributed by atoms with van der Waals surface area (Å²) in [5, 5.41) is 0. The molecule has 1 rings (SSSR count). The molecule has 1 aliphatic heterocycles. The van der Waals surface area contributed by atoms with Crippen LogP contribution >= 0.6 is 0 Å². The highest BCUT2D eigenvalue weighted by Gasteiger charge is 2.38. The van der Waals surface area contributed by atoms with Crippen molar-refractivity contribution in [2.45, 2.75) is 6.16 Å². The third kappa shape index (κ3) is 1.75. The van der Waals surface area contributed by atoms with Gasteiger partial charge in [0, 0.05) is 14.2 Å². The van der Waals surface area contributed by atoms with Crippen LogP contribution in [0.25, 0.3) is 0 Å². The van der Waals surface area contributed by atoms with E-state index in [1.807, 2.05) is 0 Å². The first-order valence-electron chi connectivity index (χ1n) is 3.12. The molecule has 1 aliphatic rings. The third-order valence-electron chi connectivity index (χ3n) is 1.32. The highest BCUT2D eigenvalue weighted by atomic mass is 17.0. The van der Waals surface area contributed by atoms with Gasteiger partial charge in [-0.1, -0.05) is 0 Å². The van der Waals surface area contributed by atoms with Gasteiger partial charge in [0.1, 0.15) is 13.2 Å². The minimum atomic E-state index is -1.48. The number of carbonyl (C=O) groups is 1. The quantitative estimate of drug-likeness (QED) is 0.512. The van der Waals surface area contributed by atoms with Crippen molar-refractivity contribution in [2.24, 2.45) is 0 Å². The van der Waals surface area contributed by atoms with Crippen molar-refractivity contribution in [3.63, 3.8) is 0 Å². The molecule has 1 fully saturated rings. The largest absolute Gasteiger partial charge is 0.413 e. The molecule has 0 amide bonds. The van der Waals surface area contributed by atoms with Crippen molar-refractivity contribution in [3.05, 3.63) is 0 Å². The Morgan fingerprint density at radius 3 is 2.09 bits per heavy atom. The van der Waals surface area contributed by atoms with Crippen molar-refractivity contribution >= 4 is 5.78 Å². The lowest BCUT2D eigenvalue weighted by Crippen LogP contribution is -2.47. The number of methoxy groups -OCH3 is 2. The second-order valence-electron chi connectivity index (χ2n) is 2.02. The van der Waals surface area contributed by atoms with Crippen molar-refractivity contribution in [2.75, 3.05) is 27.4 Å². The van der Waals surface area contributed by atoms with E-state index in [2.05, 4.69) is 0 Å². The van der Waals surface area contributed by atoms with Crippen LogP contribution in [0.4, 0.5) is 0 Å². The maximum absolute atomic E-state index is 10.6. The van der Waals surface area contributed by atoms with Gasteiger partial charge in [-0.2, -0.15) is 0 Å². The molecule has 0 atom stereocenters. The number of rotatable bonds is 2. The van der Waals surface area contributed by atoms with E-state index in [-0.39, 0.29) is 19.0 Å². The Morgan fingerprint density at radius 1 is 1.27 bits per heavy atom. The standard InChI is InChI=1S/C6H10O5/c1-8-6(9-2)10-3-5(7)4-11-6/h3-4H2,1-2H3. The van der Waals surface area contributed by atoms with E-state index in [1.54, 1.807) is 0 Å². The van der Waals surface area contributed by atoms with Crippen molar-refractivity contribution in [1.82, 2.24) is 0 Å². The summed E-state index contributed by atoms with van der Waals surface area (Å²) in [6, 6.07) is 0. The zero-order valence-corrected chi connectivity index (χ0v) is 6.46. The number of Topliss-reactive ketones (excluding diaryl/α,β-unsaturated/α-hetero) is 1. The summed E-state index contributed by atoms with van der Waals surface area (Å²) in [6.45, 7) is -0.0800. The van der Waals surface area contributed by atoms with Gasteiger partial charge in [-0.25, -0.2) is 0 Å². The number of carbonyl (C=O) groups excluding carboxylic acids is 1. The lowest BCUT2D eigenvalue weighted by Gasteiger charge is -2.31. The first kappa shape index (κ1) is 8.61. The average Bonchev–Trinajstić information content (AvgIpc) is 2.07. The van der Waals surface area contributed by atoms with Gasteiger partial charge in [0.05, 0.1) is 0 Å². The number of ketones is 1. The lowest BCUT2D eigenvalue weighted by molar-refractivity contribution is -0.489. The molecule has 0 spiro atoms. The fraction of sp³-hybridized carbons (Fsp3) is 0.833. The zero-order chi connectivity index (χ0) is 8.32. The minimum Gasteiger partial charge on any atom is -0.307 e. The van der Waals surface area contributed by atoms with Gasteiger partial charge in [0.25, 0.3) is 0 Å². The van der Waals surface area contributed by atoms with Crippen molar-refractivity contribution in [3.8, 4) is 0 Å². The van der Waals surface area contributed by atoms with Crippen LogP contribution in [-0.4, -0.2) is 39.4 Å². The molecule has 0 radical (unpaired) electrons. The van der Waals surface area contributed by atoms with Crippen molar-refractivity contribution in [1.29, 1.82) is 0 Å². The Balaban J connectivity index is 2.52. The molecule has 1 heterocycles. The van der Waals surface area contributed by atoms with Crippen LogP contribution in [0, 0.1) is 0 Å². The summed E-state index contributed by atoms with van der Waals surface area (Å²) in [7, 11) is 2.75. The van der Waals surface area contributed by atoms with E-state index < -0.39 is 6.16 Å². The van der Waals surface area contributed by atoms with Gasteiger partial charge in [-0.15, -0.1) is 0 Å². The lowest BCUT2D eigenvalue weighted by atomic mass is 10.4. The van der Waals surface area contributed by atoms with Gasteiger partial charge in [0.15, 0.2) is 5.78 Å². The van der Waals surface area contributed by atoms with Crippen LogP contribution in [0.3, 0.4) is 0 Å². The summed E-state index contributed by atoms with van der Waals surface area (Å²) in [6.07, 6.45) is -1.48. The smallest absolute Gasteiger partial charge is 0.307 e. The average molecular weight is 162 g/mol. The molecule has 0 saturated carbocycles. The molecule has 0 bridgehead atoms. The first-order valence-corrected chi connectivity index (χ1v) is 3.12. The maximum Gasteiger partial charge on any atom is 0.413 e. The first-order chi connectivity index (χ1) is 5.22. The van der Waals surface area contributed by atoms with Crippen LogP contribution in [0.2, 0.25) is 0 Å². The van der Waals surface area contributed by atoms with Crippen LogP contribution in [0.5, 0.6) is 0 Å². The third-order valence-corrected chi connectivity index (χ3v) is 1.32. The van der Waals surface area contributed by atoms with Gasteiger partial charge in [0.2, 0.25) is 0 Å². The molecular weight excluding hydrogens is 152 g/mol. The van der Waals surface area contributed by atoms with E-state index in [0.29, 0.717) is 0 Å². The van der Waals surface area contributed by atoms with Crippen LogP contribution in [-0.2, 0) is 23.7 Å². The van der Waals surface area contributed by atoms with Gasteiger partial charge >= 0.3 is 6.16 Å². The molecule has 0 aliphatic carbocycles. The molecule has 5 nitrogen and oxygen atoms in total. The van der Waals surface area contributed by atoms with Crippen LogP contribution < -0.4 is 0 Å². The summed E-state index contributed by atoms with van der Waals surface area (Å²) >= 11 is 0. The Bertz CT molecular complexity index is 139. The summed E-state index contributed by atoms with van der Waals surface area (Å²) in [5.41, 5.74) is 0. The topological polar surface area (TPSA) is 54.0 Å². The van der Waals surface area contributed by atoms with E-state index in [0.717, 1.165) is 0 Å². The Labute approximate surface area is 64.2 Å². The summed E-state index contributed by atoms with van der Waals surface area (Å²) in [5.74, 6) is -0.130. The van der Waals surface area contributed by atoms with E-state index in [9.17, 15) is 4.79 Å². The summed E-state index contributed by atoms with van der Waals surface area (Å²) in [4.78, 5) is 10.6. The normalized spacial score (nSPS) is 23.6. The van der Waals surface area contributed by atoms with Gasteiger partial charge in [-0.3, -0.25) is 14.3 Å². The SMILES string of the molecule is COC1(OC)OCC(=O)CO1. The number of hydrogen-bond donors (Lipinski definition) is 0. The zero-order valence-electron chi connectivity index (χ0n) is 6.46. The second-order valence-corrected chi connectivity index (χ2v) is 2.02. The molecule has 64 valence electrons. The molecular formula is C6H10O5. The monoisotopic (exact) mass is 162 g/mol. The molecule has 0 aromatic carbocycles. The predicted octanol–water partition coefficient (Wildman–Crippen LogP) is -0.494. The Hall–Kier alpha value is -0.490. The van der Waals surface area contributed by atoms with Crippen LogP contribution in [0.15, 0.2) is 0 Å². The highest BCUT2D eigenvalue weighted by Crippen LogP contribution is 2.18. The number of hydrogen-bond acceptors (Lipinski definition) is 5. The van der Waals surface area contributed by atoms with E-state index >= 15 is 0 Å². The van der Waals surface area contributed by atoms with Crippen LogP contribution in [0.1, 0.15) is 0 Å². The van der Waals surface area contributed by atoms with E-state index in [1.165, 1.54) is 14.2 Å². The summed E-state index contributed by atoms with van der Waals surface area (Å²) < 4.78 is 19.2. The maximum atomic E-state index is 10.6. The van der Waals surface area contributed by atoms with Gasteiger partial charge < -0.3 is 9.47 Å². The van der Waals surface area contributed by atoms with Crippen molar-refractivity contribution < 1.29 is 23.7 Å². The number of ether oxygens (including phenoxy) is 4. The Kier molecular flexibility index (Phi) is 2.56. The Morgan fingerprint density at radius 2 is 1.73 bits per heavy atom. The van der Waals surface area contributed by atoms with Gasteiger partial charge in [-0.05, 0) is 0 Å². The second kappa shape index (κ2) is 3.27. The molecule has 11 heavy (non-hydrogen) atoms. The minimum absolute atomic E-state index is 0.0400. The fourth-order valence-electron chi connectivity index (χ4n) is 0.740. The predicted molar refractivity (Wildman–Crippen MR) is 33.7 cm³/mol. The highest BCUT2D eigenvalue weighted by molar-refractivity contribution is 5.81. The molecule has 5 heteroatoms. The molecule has 1 saturated heterocycles. The molecule has 0 aromatic heterocycles. The molecule has 0 N–H and O–H groups in total. The fourth-order valence-corrected chi connectivity index (χ4v) is 0.740. The molecule has 0 aromatic rings.